The van der Waals surface area contributed by atoms with Crippen molar-refractivity contribution in [2.75, 3.05) is 16.1 Å². The molecule has 0 spiro atoms. The van der Waals surface area contributed by atoms with E-state index in [1.807, 2.05) is 18.2 Å². The van der Waals surface area contributed by atoms with Crippen LogP contribution < -0.4 is 15.0 Å². The molecule has 0 radical (unpaired) electrons. The van der Waals surface area contributed by atoms with E-state index < -0.39 is 6.10 Å². The molecule has 3 rings (SSSR count). The number of amides is 2. The molecule has 0 aromatic heterocycles. The number of ether oxygens (including phenoxy) is 1. The van der Waals surface area contributed by atoms with Crippen molar-refractivity contribution in [2.24, 2.45) is 0 Å². The van der Waals surface area contributed by atoms with Gasteiger partial charge in [-0.25, -0.2) is 0 Å². The molecule has 5 nitrogen and oxygen atoms in total. The zero-order chi connectivity index (χ0) is 18.0. The number of carbonyl (C=O) groups excluding carboxylic acids is 2. The Labute approximate surface area is 155 Å². The monoisotopic (exact) mass is 378 g/mol. The Bertz CT molecular complexity index is 826. The smallest absolute Gasteiger partial charge is 0.268 e. The van der Waals surface area contributed by atoms with Crippen LogP contribution in [0.25, 0.3) is 0 Å². The lowest BCUT2D eigenvalue weighted by Gasteiger charge is -2.33. The van der Waals surface area contributed by atoms with Gasteiger partial charge in [0.25, 0.3) is 5.91 Å². The maximum Gasteiger partial charge on any atom is 0.268 e. The summed E-state index contributed by atoms with van der Waals surface area (Å²) in [7, 11) is 0. The van der Waals surface area contributed by atoms with Gasteiger partial charge in [-0.1, -0.05) is 23.7 Å². The highest BCUT2D eigenvalue weighted by Gasteiger charge is 2.31. The first-order chi connectivity index (χ1) is 12.0. The fourth-order valence-corrected chi connectivity index (χ4v) is 2.94. The molecule has 0 fully saturated rings. The molecule has 130 valence electrons. The lowest BCUT2D eigenvalue weighted by Crippen LogP contribution is -2.44. The zero-order valence-electron chi connectivity index (χ0n) is 13.5. The van der Waals surface area contributed by atoms with Gasteiger partial charge in [0.1, 0.15) is 11.6 Å². The van der Waals surface area contributed by atoms with Crippen molar-refractivity contribution >= 4 is 46.4 Å². The number of rotatable bonds is 4. The number of hydrogen-bond donors (Lipinski definition) is 1. The van der Waals surface area contributed by atoms with E-state index in [0.29, 0.717) is 28.7 Å². The lowest BCUT2D eigenvalue weighted by atomic mass is 10.1. The minimum absolute atomic E-state index is 0.143. The van der Waals surface area contributed by atoms with Gasteiger partial charge in [0.15, 0.2) is 6.10 Å². The third kappa shape index (κ3) is 3.89. The number of hydrogen-bond acceptors (Lipinski definition) is 3. The van der Waals surface area contributed by atoms with Crippen LogP contribution in [0.15, 0.2) is 42.5 Å². The van der Waals surface area contributed by atoms with Gasteiger partial charge in [-0.15, -0.1) is 11.6 Å². The molecular weight excluding hydrogens is 363 g/mol. The van der Waals surface area contributed by atoms with Crippen LogP contribution in [0, 0.1) is 0 Å². The number of halogens is 2. The van der Waals surface area contributed by atoms with E-state index in [-0.39, 0.29) is 17.7 Å². The molecule has 7 heteroatoms. The minimum Gasteiger partial charge on any atom is -0.479 e. The molecule has 1 N–H and O–H groups in total. The van der Waals surface area contributed by atoms with Gasteiger partial charge in [0.2, 0.25) is 5.91 Å². The molecule has 0 saturated carbocycles. The highest BCUT2D eigenvalue weighted by molar-refractivity contribution is 6.30. The molecule has 2 aromatic carbocycles. The van der Waals surface area contributed by atoms with Crippen molar-refractivity contribution in [1.82, 2.24) is 0 Å². The van der Waals surface area contributed by atoms with Gasteiger partial charge in [0, 0.05) is 10.7 Å². The first-order valence-electron chi connectivity index (χ1n) is 7.70. The lowest BCUT2D eigenvalue weighted by molar-refractivity contribution is -0.125. The summed E-state index contributed by atoms with van der Waals surface area (Å²) in [6.07, 6.45) is -0.588. The molecule has 0 bridgehead atoms. The summed E-state index contributed by atoms with van der Waals surface area (Å²) in [5, 5.41) is 3.28. The predicted octanol–water partition coefficient (Wildman–Crippen LogP) is 3.83. The first-order valence-corrected chi connectivity index (χ1v) is 8.61. The summed E-state index contributed by atoms with van der Waals surface area (Å²) in [4.78, 5) is 25.8. The van der Waals surface area contributed by atoms with Gasteiger partial charge in [0.05, 0.1) is 12.2 Å². The molecule has 1 atom stereocenters. The maximum absolute atomic E-state index is 12.6. The summed E-state index contributed by atoms with van der Waals surface area (Å²) in [6, 6.07) is 12.5. The third-order valence-corrected chi connectivity index (χ3v) is 4.28. The molecule has 1 heterocycles. The van der Waals surface area contributed by atoms with Crippen molar-refractivity contribution in [2.45, 2.75) is 19.6 Å². The Kier molecular flexibility index (Phi) is 5.16. The topological polar surface area (TPSA) is 58.6 Å². The van der Waals surface area contributed by atoms with Crippen LogP contribution in [-0.4, -0.2) is 23.8 Å². The van der Waals surface area contributed by atoms with E-state index in [9.17, 15) is 9.59 Å². The fraction of sp³-hybridized carbons (Fsp3) is 0.222. The van der Waals surface area contributed by atoms with Crippen LogP contribution in [0.1, 0.15) is 12.5 Å². The Morgan fingerprint density at radius 1 is 1.28 bits per heavy atom. The predicted molar refractivity (Wildman–Crippen MR) is 98.5 cm³/mol. The average Bonchev–Trinajstić information content (AvgIpc) is 2.59. The normalized spacial score (nSPS) is 16.2. The second-order valence-corrected chi connectivity index (χ2v) is 6.38. The van der Waals surface area contributed by atoms with Crippen LogP contribution in [-0.2, 0) is 16.1 Å². The zero-order valence-corrected chi connectivity index (χ0v) is 15.0. The number of alkyl halides is 1. The van der Waals surface area contributed by atoms with Gasteiger partial charge < -0.3 is 15.0 Å². The number of fused-ring (bicyclic) bond motifs is 1. The van der Waals surface area contributed by atoms with Crippen molar-refractivity contribution in [3.05, 3.63) is 53.1 Å². The largest absolute Gasteiger partial charge is 0.479 e. The van der Waals surface area contributed by atoms with Crippen molar-refractivity contribution in [3.8, 4) is 5.75 Å². The van der Waals surface area contributed by atoms with Crippen molar-refractivity contribution in [3.63, 3.8) is 0 Å². The Morgan fingerprint density at radius 3 is 2.80 bits per heavy atom. The van der Waals surface area contributed by atoms with Crippen molar-refractivity contribution in [1.29, 1.82) is 0 Å². The summed E-state index contributed by atoms with van der Waals surface area (Å²) in [5.41, 5.74) is 2.04. The van der Waals surface area contributed by atoms with Crippen LogP contribution in [0.4, 0.5) is 11.4 Å². The third-order valence-electron chi connectivity index (χ3n) is 3.80. The number of anilines is 2. The molecule has 1 aliphatic rings. The molecule has 2 amide bonds. The molecule has 1 aliphatic heterocycles. The molecule has 2 aromatic rings. The molecule has 0 aliphatic carbocycles. The summed E-state index contributed by atoms with van der Waals surface area (Å²) < 4.78 is 5.67. The average molecular weight is 379 g/mol. The van der Waals surface area contributed by atoms with E-state index in [4.69, 9.17) is 27.9 Å². The number of nitrogens with one attached hydrogen (secondary N) is 1. The van der Waals surface area contributed by atoms with Crippen LogP contribution in [0.2, 0.25) is 5.02 Å². The molecular formula is C18H16Cl2N2O3. The maximum atomic E-state index is 12.6. The minimum atomic E-state index is -0.588. The van der Waals surface area contributed by atoms with Crippen molar-refractivity contribution < 1.29 is 14.3 Å². The highest BCUT2D eigenvalue weighted by Crippen LogP contribution is 2.37. The Hall–Kier alpha value is -2.24. The summed E-state index contributed by atoms with van der Waals surface area (Å²) in [5.74, 6) is -0.0406. The van der Waals surface area contributed by atoms with Gasteiger partial charge in [-0.3, -0.25) is 9.59 Å². The van der Waals surface area contributed by atoms with Crippen LogP contribution >= 0.6 is 23.2 Å². The standard InChI is InChI=1S/C18H16Cl2N2O3/c1-11-18(24)22(10-12-3-2-4-13(20)7-12)15-8-14(21-17(23)9-19)5-6-16(15)25-11/h2-8,11H,9-10H2,1H3,(H,21,23). The second kappa shape index (κ2) is 7.33. The van der Waals surface area contributed by atoms with E-state index >= 15 is 0 Å². The molecule has 0 saturated heterocycles. The fourth-order valence-electron chi connectivity index (χ4n) is 2.66. The van der Waals surface area contributed by atoms with Crippen LogP contribution in [0.5, 0.6) is 5.75 Å². The number of carbonyl (C=O) groups is 2. The highest BCUT2D eigenvalue weighted by atomic mass is 35.5. The molecule has 1 unspecified atom stereocenters. The van der Waals surface area contributed by atoms with E-state index in [1.165, 1.54) is 0 Å². The Morgan fingerprint density at radius 2 is 2.08 bits per heavy atom. The Balaban J connectivity index is 1.96. The van der Waals surface area contributed by atoms with E-state index in [0.717, 1.165) is 5.56 Å². The van der Waals surface area contributed by atoms with E-state index in [1.54, 1.807) is 36.1 Å². The summed E-state index contributed by atoms with van der Waals surface area (Å²) in [6.45, 7) is 2.06. The summed E-state index contributed by atoms with van der Waals surface area (Å²) >= 11 is 11.6. The second-order valence-electron chi connectivity index (χ2n) is 5.68. The molecule has 25 heavy (non-hydrogen) atoms. The van der Waals surface area contributed by atoms with Crippen LogP contribution in [0.3, 0.4) is 0 Å². The first kappa shape index (κ1) is 17.6. The van der Waals surface area contributed by atoms with Gasteiger partial charge in [-0.2, -0.15) is 0 Å². The number of nitrogens with zero attached hydrogens (tertiary/aromatic N) is 1. The van der Waals surface area contributed by atoms with Gasteiger partial charge >= 0.3 is 0 Å². The van der Waals surface area contributed by atoms with E-state index in [2.05, 4.69) is 5.32 Å². The quantitative estimate of drug-likeness (QED) is 0.822. The number of benzene rings is 2. The SMILES string of the molecule is CC1Oc2ccc(NC(=O)CCl)cc2N(Cc2cccc(Cl)c2)C1=O. The van der Waals surface area contributed by atoms with Gasteiger partial charge in [-0.05, 0) is 42.8 Å².